The van der Waals surface area contributed by atoms with Crippen molar-refractivity contribution in [2.24, 2.45) is 0 Å². The van der Waals surface area contributed by atoms with Gasteiger partial charge >= 0.3 is 0 Å². The van der Waals surface area contributed by atoms with E-state index in [1.54, 1.807) is 24.3 Å². The number of nitrogens with two attached hydrogens (primary N) is 1. The number of carbonyl (C=O) groups excluding carboxylic acids is 1. The van der Waals surface area contributed by atoms with Crippen molar-refractivity contribution in [3.05, 3.63) is 47.0 Å². The van der Waals surface area contributed by atoms with Gasteiger partial charge in [-0.05, 0) is 30.3 Å². The van der Waals surface area contributed by atoms with Gasteiger partial charge in [0.05, 0.1) is 36.6 Å². The van der Waals surface area contributed by atoms with E-state index in [1.165, 1.54) is 19.2 Å². The fourth-order valence-corrected chi connectivity index (χ4v) is 2.69. The fourth-order valence-electron chi connectivity index (χ4n) is 2.53. The summed E-state index contributed by atoms with van der Waals surface area (Å²) in [5, 5.41) is 3.10. The van der Waals surface area contributed by atoms with Gasteiger partial charge in [0.1, 0.15) is 17.6 Å². The third-order valence-electron chi connectivity index (χ3n) is 3.87. The molecule has 0 spiro atoms. The Labute approximate surface area is 150 Å². The van der Waals surface area contributed by atoms with Gasteiger partial charge in [-0.2, -0.15) is 0 Å². The van der Waals surface area contributed by atoms with Crippen LogP contribution in [0.15, 0.2) is 36.4 Å². The molecule has 1 aliphatic heterocycles. The number of rotatable bonds is 5. The number of nitrogen functional groups attached to an aromatic ring is 1. The highest BCUT2D eigenvalue weighted by atomic mass is 35.5. The summed E-state index contributed by atoms with van der Waals surface area (Å²) < 4.78 is 16.3. The van der Waals surface area contributed by atoms with Crippen molar-refractivity contribution in [2.45, 2.75) is 12.5 Å². The van der Waals surface area contributed by atoms with Gasteiger partial charge < -0.3 is 25.3 Å². The van der Waals surface area contributed by atoms with Crippen molar-refractivity contribution >= 4 is 28.9 Å². The van der Waals surface area contributed by atoms with E-state index in [0.29, 0.717) is 34.3 Å². The zero-order valence-corrected chi connectivity index (χ0v) is 14.5. The largest absolute Gasteiger partial charge is 0.496 e. The van der Waals surface area contributed by atoms with Crippen LogP contribution in [0.1, 0.15) is 16.8 Å². The monoisotopic (exact) mass is 362 g/mol. The molecule has 1 atom stereocenters. The third kappa shape index (κ3) is 4.15. The number of methoxy groups -OCH3 is 1. The number of halogens is 1. The van der Waals surface area contributed by atoms with Crippen LogP contribution in [0.2, 0.25) is 5.02 Å². The first kappa shape index (κ1) is 17.4. The van der Waals surface area contributed by atoms with E-state index in [2.05, 4.69) is 5.32 Å². The highest BCUT2D eigenvalue weighted by molar-refractivity contribution is 6.33. The highest BCUT2D eigenvalue weighted by Gasteiger charge is 2.18. The van der Waals surface area contributed by atoms with Gasteiger partial charge in [0, 0.05) is 18.2 Å². The van der Waals surface area contributed by atoms with E-state index in [-0.39, 0.29) is 12.0 Å². The Hall–Kier alpha value is -2.44. The second-order valence-corrected chi connectivity index (χ2v) is 6.06. The molecule has 1 aliphatic rings. The minimum atomic E-state index is -0.336. The molecule has 0 aliphatic carbocycles. The Morgan fingerprint density at radius 2 is 2.08 bits per heavy atom. The molecule has 0 saturated carbocycles. The number of benzene rings is 2. The standard InChI is InChI=1S/C18H19ClN2O4/c1-23-17-9-16(20)15(19)8-14(17)18(22)21-11-2-4-12(5-3-11)25-13-6-7-24-10-13/h2-5,8-9,13H,6-7,10,20H2,1H3,(H,21,22). The molecule has 2 aromatic rings. The summed E-state index contributed by atoms with van der Waals surface area (Å²) in [4.78, 5) is 12.5. The van der Waals surface area contributed by atoms with Gasteiger partial charge in [-0.15, -0.1) is 0 Å². The van der Waals surface area contributed by atoms with Crippen LogP contribution in [-0.2, 0) is 4.74 Å². The maximum absolute atomic E-state index is 12.5. The quantitative estimate of drug-likeness (QED) is 0.797. The fraction of sp³-hybridized carbons (Fsp3) is 0.278. The summed E-state index contributed by atoms with van der Waals surface area (Å²) in [5.74, 6) is 0.763. The number of hydrogen-bond donors (Lipinski definition) is 2. The van der Waals surface area contributed by atoms with Gasteiger partial charge in [0.2, 0.25) is 0 Å². The Kier molecular flexibility index (Phi) is 5.31. The molecule has 2 aromatic carbocycles. The van der Waals surface area contributed by atoms with Crippen LogP contribution < -0.4 is 20.5 Å². The molecule has 132 valence electrons. The lowest BCUT2D eigenvalue weighted by atomic mass is 10.1. The van der Waals surface area contributed by atoms with Crippen molar-refractivity contribution in [3.63, 3.8) is 0 Å². The van der Waals surface area contributed by atoms with Gasteiger partial charge in [-0.3, -0.25) is 4.79 Å². The van der Waals surface area contributed by atoms with Gasteiger partial charge in [-0.1, -0.05) is 11.6 Å². The van der Waals surface area contributed by atoms with Crippen molar-refractivity contribution in [2.75, 3.05) is 31.4 Å². The summed E-state index contributed by atoms with van der Waals surface area (Å²) >= 11 is 6.00. The minimum Gasteiger partial charge on any atom is -0.496 e. The first-order valence-corrected chi connectivity index (χ1v) is 8.23. The number of nitrogens with one attached hydrogen (secondary N) is 1. The molecule has 1 fully saturated rings. The molecule has 0 aromatic heterocycles. The summed E-state index contributed by atoms with van der Waals surface area (Å²) in [6, 6.07) is 10.2. The molecular weight excluding hydrogens is 344 g/mol. The molecule has 25 heavy (non-hydrogen) atoms. The summed E-state index contributed by atoms with van der Waals surface area (Å²) in [6.07, 6.45) is 0.970. The molecule has 0 radical (unpaired) electrons. The van der Waals surface area contributed by atoms with Crippen LogP contribution in [0.25, 0.3) is 0 Å². The molecular formula is C18H19ClN2O4. The molecule has 1 saturated heterocycles. The van der Waals surface area contributed by atoms with E-state index < -0.39 is 0 Å². The molecule has 1 heterocycles. The molecule has 6 nitrogen and oxygen atoms in total. The van der Waals surface area contributed by atoms with Gasteiger partial charge in [0.15, 0.2) is 0 Å². The third-order valence-corrected chi connectivity index (χ3v) is 4.19. The zero-order chi connectivity index (χ0) is 17.8. The van der Waals surface area contributed by atoms with E-state index in [4.69, 9.17) is 31.5 Å². The molecule has 1 amide bonds. The average Bonchev–Trinajstić information content (AvgIpc) is 3.11. The Balaban J connectivity index is 1.69. The number of amides is 1. The van der Waals surface area contributed by atoms with Crippen molar-refractivity contribution in [3.8, 4) is 11.5 Å². The van der Waals surface area contributed by atoms with E-state index in [1.807, 2.05) is 0 Å². The van der Waals surface area contributed by atoms with Crippen molar-refractivity contribution in [1.29, 1.82) is 0 Å². The number of carbonyl (C=O) groups is 1. The van der Waals surface area contributed by atoms with Gasteiger partial charge in [-0.25, -0.2) is 0 Å². The summed E-state index contributed by atoms with van der Waals surface area (Å²) in [5.41, 5.74) is 7.03. The molecule has 1 unspecified atom stereocenters. The smallest absolute Gasteiger partial charge is 0.259 e. The van der Waals surface area contributed by atoms with Gasteiger partial charge in [0.25, 0.3) is 5.91 Å². The van der Waals surface area contributed by atoms with Crippen LogP contribution in [-0.4, -0.2) is 32.3 Å². The number of hydrogen-bond acceptors (Lipinski definition) is 5. The number of ether oxygens (including phenoxy) is 3. The van der Waals surface area contributed by atoms with E-state index >= 15 is 0 Å². The topological polar surface area (TPSA) is 82.8 Å². The Morgan fingerprint density at radius 1 is 1.32 bits per heavy atom. The second-order valence-electron chi connectivity index (χ2n) is 5.66. The lowest BCUT2D eigenvalue weighted by molar-refractivity contribution is 0.102. The Morgan fingerprint density at radius 3 is 2.72 bits per heavy atom. The highest BCUT2D eigenvalue weighted by Crippen LogP contribution is 2.29. The summed E-state index contributed by atoms with van der Waals surface area (Å²) in [6.45, 7) is 1.33. The molecule has 7 heteroatoms. The Bertz CT molecular complexity index is 758. The first-order chi connectivity index (χ1) is 12.1. The van der Waals surface area contributed by atoms with Crippen LogP contribution in [0.4, 0.5) is 11.4 Å². The number of anilines is 2. The predicted octanol–water partition coefficient (Wildman–Crippen LogP) is 3.35. The normalized spacial score (nSPS) is 16.5. The van der Waals surface area contributed by atoms with Crippen LogP contribution in [0.3, 0.4) is 0 Å². The van der Waals surface area contributed by atoms with E-state index in [0.717, 1.165) is 18.8 Å². The molecule has 0 bridgehead atoms. The maximum atomic E-state index is 12.5. The van der Waals surface area contributed by atoms with Crippen LogP contribution in [0.5, 0.6) is 11.5 Å². The molecule has 3 rings (SSSR count). The SMILES string of the molecule is COc1cc(N)c(Cl)cc1C(=O)Nc1ccc(OC2CCOC2)cc1. The van der Waals surface area contributed by atoms with Crippen LogP contribution in [0, 0.1) is 0 Å². The second kappa shape index (κ2) is 7.63. The predicted molar refractivity (Wildman–Crippen MR) is 96.7 cm³/mol. The minimum absolute atomic E-state index is 0.0848. The summed E-state index contributed by atoms with van der Waals surface area (Å²) in [7, 11) is 1.47. The lowest BCUT2D eigenvalue weighted by Crippen LogP contribution is -2.16. The van der Waals surface area contributed by atoms with Crippen molar-refractivity contribution in [1.82, 2.24) is 0 Å². The average molecular weight is 363 g/mol. The van der Waals surface area contributed by atoms with Crippen LogP contribution >= 0.6 is 11.6 Å². The lowest BCUT2D eigenvalue weighted by Gasteiger charge is -2.13. The maximum Gasteiger partial charge on any atom is 0.259 e. The first-order valence-electron chi connectivity index (χ1n) is 7.85. The zero-order valence-electron chi connectivity index (χ0n) is 13.8. The molecule has 3 N–H and O–H groups in total. The van der Waals surface area contributed by atoms with E-state index in [9.17, 15) is 4.79 Å². The van der Waals surface area contributed by atoms with Crippen molar-refractivity contribution < 1.29 is 19.0 Å².